The second kappa shape index (κ2) is 3.04. The van der Waals surface area contributed by atoms with Gasteiger partial charge in [-0.25, -0.2) is 0 Å². The van der Waals surface area contributed by atoms with Gasteiger partial charge >= 0.3 is 0 Å². The minimum absolute atomic E-state index is 0.681. The predicted molar refractivity (Wildman–Crippen MR) is 42.5 cm³/mol. The molecule has 1 aromatic rings. The molecule has 4 N–H and O–H groups in total. The summed E-state index contributed by atoms with van der Waals surface area (Å²) in [7, 11) is 0. The minimum Gasteiger partial charge on any atom is -0.503 e. The molecule has 6 heteroatoms. The molecule has 0 unspecified atom stereocenters. The van der Waals surface area contributed by atoms with Crippen molar-refractivity contribution in [2.75, 3.05) is 0 Å². The summed E-state index contributed by atoms with van der Waals surface area (Å²) in [5.41, 5.74) is -1.36. The van der Waals surface area contributed by atoms with E-state index in [-0.39, 0.29) is 0 Å². The summed E-state index contributed by atoms with van der Waals surface area (Å²) in [4.78, 5) is 0. The van der Waals surface area contributed by atoms with Crippen molar-refractivity contribution >= 4 is 0 Å². The van der Waals surface area contributed by atoms with Crippen LogP contribution in [0.5, 0.6) is 23.0 Å². The topological polar surface area (TPSA) is 128 Å². The molecule has 0 bridgehead atoms. The Morgan fingerprint density at radius 1 is 0.643 bits per heavy atom. The van der Waals surface area contributed by atoms with Crippen molar-refractivity contribution in [1.82, 2.24) is 0 Å². The minimum atomic E-state index is -0.931. The van der Waals surface area contributed by atoms with Crippen molar-refractivity contribution in [2.24, 2.45) is 0 Å². The lowest BCUT2D eigenvalue weighted by Crippen LogP contribution is -1.86. The lowest BCUT2D eigenvalue weighted by atomic mass is 10.1. The molecule has 6 nitrogen and oxygen atoms in total. The molecular weight excluding hydrogens is 188 g/mol. The molecule has 14 heavy (non-hydrogen) atoms. The van der Waals surface area contributed by atoms with Gasteiger partial charge in [-0.15, -0.1) is 0 Å². The number of hydrogen-bond acceptors (Lipinski definition) is 6. The van der Waals surface area contributed by atoms with E-state index in [2.05, 4.69) is 0 Å². The van der Waals surface area contributed by atoms with Crippen LogP contribution in [-0.4, -0.2) is 20.4 Å². The average molecular weight is 192 g/mol. The molecule has 0 amide bonds. The van der Waals surface area contributed by atoms with E-state index in [0.717, 1.165) is 0 Å². The van der Waals surface area contributed by atoms with Gasteiger partial charge in [0.1, 0.15) is 23.3 Å². The molecule has 0 aliphatic heterocycles. The third-order valence-corrected chi connectivity index (χ3v) is 1.62. The maximum atomic E-state index is 9.12. The second-order valence-corrected chi connectivity index (χ2v) is 2.37. The number of phenols is 4. The highest BCUT2D eigenvalue weighted by Gasteiger charge is 2.22. The summed E-state index contributed by atoms with van der Waals surface area (Å²) in [6.45, 7) is 0. The highest BCUT2D eigenvalue weighted by atomic mass is 16.3. The van der Waals surface area contributed by atoms with Crippen LogP contribution in [0, 0.1) is 22.7 Å². The van der Waals surface area contributed by atoms with Crippen LogP contribution in [0.3, 0.4) is 0 Å². The average Bonchev–Trinajstić information content (AvgIpc) is 2.17. The second-order valence-electron chi connectivity index (χ2n) is 2.37. The number of phenolic OH excluding ortho intramolecular Hbond substituents is 4. The quantitative estimate of drug-likeness (QED) is 0.344. The van der Waals surface area contributed by atoms with Gasteiger partial charge in [0, 0.05) is 0 Å². The van der Waals surface area contributed by atoms with Crippen LogP contribution in [0.25, 0.3) is 0 Å². The standard InChI is InChI=1S/C8H4N2O4/c9-1-3-5(11)7(13)4(2-10)8(14)6(3)12/h11-14H. The predicted octanol–water partition coefficient (Wildman–Crippen LogP) is 0.252. The van der Waals surface area contributed by atoms with Crippen LogP contribution in [0.2, 0.25) is 0 Å². The maximum Gasteiger partial charge on any atom is 0.181 e. The smallest absolute Gasteiger partial charge is 0.181 e. The first-order valence-corrected chi connectivity index (χ1v) is 3.34. The highest BCUT2D eigenvalue weighted by Crippen LogP contribution is 2.45. The van der Waals surface area contributed by atoms with Crippen molar-refractivity contribution < 1.29 is 20.4 Å². The first-order chi connectivity index (χ1) is 6.54. The molecule has 1 rings (SSSR count). The zero-order valence-electron chi connectivity index (χ0n) is 6.68. The van der Waals surface area contributed by atoms with E-state index < -0.39 is 34.1 Å². The van der Waals surface area contributed by atoms with Crippen molar-refractivity contribution in [3.63, 3.8) is 0 Å². The molecule has 0 aromatic heterocycles. The Morgan fingerprint density at radius 3 is 1.00 bits per heavy atom. The normalized spacial score (nSPS) is 9.00. The zero-order valence-corrected chi connectivity index (χ0v) is 6.68. The summed E-state index contributed by atoms with van der Waals surface area (Å²) < 4.78 is 0. The van der Waals surface area contributed by atoms with Crippen molar-refractivity contribution in [1.29, 1.82) is 10.5 Å². The van der Waals surface area contributed by atoms with Crippen molar-refractivity contribution in [2.45, 2.75) is 0 Å². The number of rotatable bonds is 0. The van der Waals surface area contributed by atoms with E-state index in [0.29, 0.717) is 0 Å². The zero-order chi connectivity index (χ0) is 10.9. The van der Waals surface area contributed by atoms with Crippen LogP contribution < -0.4 is 0 Å². The molecule has 0 aliphatic carbocycles. The van der Waals surface area contributed by atoms with Gasteiger partial charge in [-0.1, -0.05) is 0 Å². The lowest BCUT2D eigenvalue weighted by molar-refractivity contribution is 0.369. The molecule has 0 saturated carbocycles. The molecule has 0 fully saturated rings. The monoisotopic (exact) mass is 192 g/mol. The first kappa shape index (κ1) is 9.49. The summed E-state index contributed by atoms with van der Waals surface area (Å²) in [6.07, 6.45) is 0. The van der Waals surface area contributed by atoms with Crippen LogP contribution in [-0.2, 0) is 0 Å². The molecule has 0 heterocycles. The summed E-state index contributed by atoms with van der Waals surface area (Å²) in [5, 5.41) is 53.4. The van der Waals surface area contributed by atoms with E-state index >= 15 is 0 Å². The van der Waals surface area contributed by atoms with E-state index in [1.54, 1.807) is 0 Å². The van der Waals surface area contributed by atoms with Gasteiger partial charge in [-0.05, 0) is 0 Å². The van der Waals surface area contributed by atoms with Gasteiger partial charge in [-0.2, -0.15) is 10.5 Å². The summed E-state index contributed by atoms with van der Waals surface area (Å²) in [6, 6.07) is 2.73. The van der Waals surface area contributed by atoms with Gasteiger partial charge in [0.05, 0.1) is 0 Å². The van der Waals surface area contributed by atoms with Crippen molar-refractivity contribution in [3.05, 3.63) is 11.1 Å². The largest absolute Gasteiger partial charge is 0.503 e. The van der Waals surface area contributed by atoms with Gasteiger partial charge in [0.15, 0.2) is 23.0 Å². The number of hydrogen-bond donors (Lipinski definition) is 4. The van der Waals surface area contributed by atoms with Gasteiger partial charge in [-0.3, -0.25) is 0 Å². The highest BCUT2D eigenvalue weighted by molar-refractivity contribution is 5.71. The van der Waals surface area contributed by atoms with Crippen LogP contribution >= 0.6 is 0 Å². The van der Waals surface area contributed by atoms with E-state index in [9.17, 15) is 0 Å². The Bertz CT molecular complexity index is 408. The number of nitriles is 2. The third-order valence-electron chi connectivity index (χ3n) is 1.62. The van der Waals surface area contributed by atoms with Crippen molar-refractivity contribution in [3.8, 4) is 35.1 Å². The third kappa shape index (κ3) is 1.03. The fraction of sp³-hybridized carbons (Fsp3) is 0. The van der Waals surface area contributed by atoms with Gasteiger partial charge in [0.2, 0.25) is 0 Å². The molecule has 0 radical (unpaired) electrons. The van der Waals surface area contributed by atoms with E-state index in [1.807, 2.05) is 0 Å². The van der Waals surface area contributed by atoms with E-state index in [1.165, 1.54) is 12.1 Å². The number of aromatic hydroxyl groups is 4. The molecule has 1 aromatic carbocycles. The Balaban J connectivity index is 3.77. The first-order valence-electron chi connectivity index (χ1n) is 3.34. The molecule has 0 spiro atoms. The number of benzene rings is 1. The molecule has 0 saturated heterocycles. The summed E-state index contributed by atoms with van der Waals surface area (Å²) in [5.74, 6) is -3.72. The van der Waals surface area contributed by atoms with Crippen LogP contribution in [0.15, 0.2) is 0 Å². The Hall–Kier alpha value is -2.60. The molecule has 0 aliphatic rings. The molecule has 70 valence electrons. The Morgan fingerprint density at radius 2 is 0.857 bits per heavy atom. The lowest BCUT2D eigenvalue weighted by Gasteiger charge is -2.06. The molecule has 0 atom stereocenters. The summed E-state index contributed by atoms with van der Waals surface area (Å²) >= 11 is 0. The molecular formula is C8H4N2O4. The Kier molecular flexibility index (Phi) is 2.06. The van der Waals surface area contributed by atoms with Crippen LogP contribution in [0.4, 0.5) is 0 Å². The van der Waals surface area contributed by atoms with Crippen LogP contribution in [0.1, 0.15) is 11.1 Å². The van der Waals surface area contributed by atoms with Gasteiger partial charge in [0.25, 0.3) is 0 Å². The number of nitrogens with zero attached hydrogens (tertiary/aromatic N) is 2. The fourth-order valence-electron chi connectivity index (χ4n) is 0.910. The SMILES string of the molecule is N#Cc1c(O)c(O)c(C#N)c(O)c1O. The Labute approximate surface area is 78.1 Å². The van der Waals surface area contributed by atoms with E-state index in [4.69, 9.17) is 30.9 Å². The maximum absolute atomic E-state index is 9.12. The fourth-order valence-corrected chi connectivity index (χ4v) is 0.910. The van der Waals surface area contributed by atoms with Gasteiger partial charge < -0.3 is 20.4 Å².